The SMILES string of the molecule is Cc1ccc(-c2cn[nH]c2[C@@H]2CCCN(C(=O)c3ncc(F)cc3F)C2)cc1. The van der Waals surface area contributed by atoms with E-state index in [4.69, 9.17) is 0 Å². The summed E-state index contributed by atoms with van der Waals surface area (Å²) in [6.45, 7) is 2.98. The Balaban J connectivity index is 1.57. The summed E-state index contributed by atoms with van der Waals surface area (Å²) in [6.07, 6.45) is 4.33. The predicted molar refractivity (Wildman–Crippen MR) is 101 cm³/mol. The maximum Gasteiger partial charge on any atom is 0.275 e. The number of carbonyl (C=O) groups excluding carboxylic acids is 1. The van der Waals surface area contributed by atoms with Gasteiger partial charge in [-0.25, -0.2) is 13.8 Å². The van der Waals surface area contributed by atoms with Gasteiger partial charge in [-0.3, -0.25) is 9.89 Å². The van der Waals surface area contributed by atoms with Gasteiger partial charge in [0.1, 0.15) is 5.82 Å². The lowest BCUT2D eigenvalue weighted by atomic mass is 9.90. The Bertz CT molecular complexity index is 1000. The molecule has 3 heterocycles. The molecule has 1 saturated heterocycles. The molecule has 0 bridgehead atoms. The van der Waals surface area contributed by atoms with Crippen LogP contribution in [-0.2, 0) is 0 Å². The van der Waals surface area contributed by atoms with Crippen molar-refractivity contribution in [1.82, 2.24) is 20.1 Å². The molecule has 7 heteroatoms. The van der Waals surface area contributed by atoms with E-state index in [-0.39, 0.29) is 11.6 Å². The molecule has 0 saturated carbocycles. The zero-order valence-corrected chi connectivity index (χ0v) is 15.5. The first kappa shape index (κ1) is 18.3. The summed E-state index contributed by atoms with van der Waals surface area (Å²) in [5, 5.41) is 7.28. The Labute approximate surface area is 161 Å². The Morgan fingerprint density at radius 3 is 2.75 bits per heavy atom. The summed E-state index contributed by atoms with van der Waals surface area (Å²) < 4.78 is 27.1. The fourth-order valence-electron chi connectivity index (χ4n) is 3.69. The molecule has 3 aromatic rings. The summed E-state index contributed by atoms with van der Waals surface area (Å²) in [7, 11) is 0. The van der Waals surface area contributed by atoms with Crippen LogP contribution in [0.1, 0.15) is 40.5 Å². The van der Waals surface area contributed by atoms with E-state index in [1.165, 1.54) is 5.56 Å². The van der Waals surface area contributed by atoms with Gasteiger partial charge < -0.3 is 4.90 Å². The van der Waals surface area contributed by atoms with E-state index in [2.05, 4.69) is 15.2 Å². The molecule has 1 amide bonds. The molecule has 2 aromatic heterocycles. The van der Waals surface area contributed by atoms with Crippen LogP contribution in [0.3, 0.4) is 0 Å². The lowest BCUT2D eigenvalue weighted by Crippen LogP contribution is -2.40. The monoisotopic (exact) mass is 382 g/mol. The van der Waals surface area contributed by atoms with Gasteiger partial charge in [0.05, 0.1) is 12.4 Å². The second-order valence-corrected chi connectivity index (χ2v) is 7.14. The minimum absolute atomic E-state index is 0.0556. The molecular formula is C21H20F2N4O. The van der Waals surface area contributed by atoms with E-state index in [1.807, 2.05) is 31.2 Å². The molecule has 1 N–H and O–H groups in total. The molecule has 0 radical (unpaired) electrons. The van der Waals surface area contributed by atoms with Gasteiger partial charge in [-0.15, -0.1) is 0 Å². The van der Waals surface area contributed by atoms with Crippen molar-refractivity contribution in [3.05, 3.63) is 71.3 Å². The number of carbonyl (C=O) groups is 1. The molecule has 1 aromatic carbocycles. The van der Waals surface area contributed by atoms with Gasteiger partial charge >= 0.3 is 0 Å². The number of nitrogens with zero attached hydrogens (tertiary/aromatic N) is 3. The second-order valence-electron chi connectivity index (χ2n) is 7.14. The quantitative estimate of drug-likeness (QED) is 0.743. The van der Waals surface area contributed by atoms with Gasteiger partial charge in [0, 0.05) is 36.3 Å². The van der Waals surface area contributed by atoms with Crippen LogP contribution in [0.5, 0.6) is 0 Å². The first-order valence-corrected chi connectivity index (χ1v) is 9.23. The first-order valence-electron chi connectivity index (χ1n) is 9.23. The summed E-state index contributed by atoms with van der Waals surface area (Å²) in [4.78, 5) is 17.9. The van der Waals surface area contributed by atoms with Crippen LogP contribution in [0.15, 0.2) is 42.7 Å². The Hall–Kier alpha value is -3.09. The van der Waals surface area contributed by atoms with E-state index < -0.39 is 17.5 Å². The average Bonchev–Trinajstić information content (AvgIpc) is 3.18. The van der Waals surface area contributed by atoms with Crippen molar-refractivity contribution in [2.24, 2.45) is 0 Å². The van der Waals surface area contributed by atoms with Crippen molar-refractivity contribution in [2.45, 2.75) is 25.7 Å². The summed E-state index contributed by atoms with van der Waals surface area (Å²) in [6, 6.07) is 8.88. The number of H-pyrrole nitrogens is 1. The normalized spacial score (nSPS) is 17.0. The number of pyridine rings is 1. The van der Waals surface area contributed by atoms with Crippen LogP contribution in [0.4, 0.5) is 8.78 Å². The fraction of sp³-hybridized carbons (Fsp3) is 0.286. The highest BCUT2D eigenvalue weighted by Crippen LogP contribution is 2.33. The summed E-state index contributed by atoms with van der Waals surface area (Å²) in [5.74, 6) is -2.20. The van der Waals surface area contributed by atoms with Crippen LogP contribution >= 0.6 is 0 Å². The third kappa shape index (κ3) is 3.52. The molecule has 4 rings (SSSR count). The van der Waals surface area contributed by atoms with E-state index in [0.29, 0.717) is 19.2 Å². The number of aromatic nitrogens is 3. The van der Waals surface area contributed by atoms with Crippen molar-refractivity contribution >= 4 is 5.91 Å². The number of nitrogens with one attached hydrogen (secondary N) is 1. The Morgan fingerprint density at radius 2 is 2.00 bits per heavy atom. The third-order valence-corrected chi connectivity index (χ3v) is 5.16. The van der Waals surface area contributed by atoms with E-state index in [9.17, 15) is 13.6 Å². The van der Waals surface area contributed by atoms with Crippen LogP contribution < -0.4 is 0 Å². The van der Waals surface area contributed by atoms with Crippen LogP contribution in [0.25, 0.3) is 11.1 Å². The maximum absolute atomic E-state index is 14.0. The van der Waals surface area contributed by atoms with Crippen molar-refractivity contribution in [3.8, 4) is 11.1 Å². The molecule has 1 fully saturated rings. The molecule has 5 nitrogen and oxygen atoms in total. The first-order chi connectivity index (χ1) is 13.5. The Morgan fingerprint density at radius 1 is 1.21 bits per heavy atom. The number of piperidine rings is 1. The number of aromatic amines is 1. The number of likely N-dealkylation sites (tertiary alicyclic amines) is 1. The van der Waals surface area contributed by atoms with Crippen LogP contribution in [0.2, 0.25) is 0 Å². The van der Waals surface area contributed by atoms with Gasteiger partial charge in [-0.05, 0) is 25.3 Å². The van der Waals surface area contributed by atoms with Crippen molar-refractivity contribution in [1.29, 1.82) is 0 Å². The number of hydrogen-bond donors (Lipinski definition) is 1. The predicted octanol–water partition coefficient (Wildman–Crippen LogP) is 4.08. The van der Waals surface area contributed by atoms with Crippen molar-refractivity contribution in [3.63, 3.8) is 0 Å². The number of rotatable bonds is 3. The molecule has 0 aliphatic carbocycles. The highest BCUT2D eigenvalue weighted by Gasteiger charge is 2.30. The number of benzene rings is 1. The largest absolute Gasteiger partial charge is 0.337 e. The number of halogens is 2. The highest BCUT2D eigenvalue weighted by molar-refractivity contribution is 5.92. The minimum Gasteiger partial charge on any atom is -0.337 e. The van der Waals surface area contributed by atoms with Crippen molar-refractivity contribution < 1.29 is 13.6 Å². The number of amides is 1. The standard InChI is InChI=1S/C21H20F2N4O/c1-13-4-6-14(7-5-13)17-11-25-26-19(17)15-3-2-8-27(12-15)21(28)20-18(23)9-16(22)10-24-20/h4-7,9-11,15H,2-3,8,12H2,1H3,(H,25,26)/t15-/m1/s1. The highest BCUT2D eigenvalue weighted by atomic mass is 19.1. The summed E-state index contributed by atoms with van der Waals surface area (Å²) >= 11 is 0. The summed E-state index contributed by atoms with van der Waals surface area (Å²) in [5.41, 5.74) is 3.87. The lowest BCUT2D eigenvalue weighted by Gasteiger charge is -2.32. The molecule has 1 aliphatic heterocycles. The molecule has 1 atom stereocenters. The van der Waals surface area contributed by atoms with E-state index in [0.717, 1.165) is 35.9 Å². The maximum atomic E-state index is 14.0. The van der Waals surface area contributed by atoms with Crippen LogP contribution in [-0.4, -0.2) is 39.1 Å². The van der Waals surface area contributed by atoms with Gasteiger partial charge in [-0.2, -0.15) is 5.10 Å². The molecule has 28 heavy (non-hydrogen) atoms. The molecule has 1 aliphatic rings. The average molecular weight is 382 g/mol. The molecule has 144 valence electrons. The van der Waals surface area contributed by atoms with E-state index in [1.54, 1.807) is 11.1 Å². The smallest absolute Gasteiger partial charge is 0.275 e. The lowest BCUT2D eigenvalue weighted by molar-refractivity contribution is 0.0694. The van der Waals surface area contributed by atoms with Crippen LogP contribution in [0, 0.1) is 18.6 Å². The van der Waals surface area contributed by atoms with Gasteiger partial charge in [0.25, 0.3) is 5.91 Å². The number of aryl methyl sites for hydroxylation is 1. The zero-order valence-electron chi connectivity index (χ0n) is 15.5. The fourth-order valence-corrected chi connectivity index (χ4v) is 3.69. The Kier molecular flexibility index (Phi) is 4.90. The number of hydrogen-bond acceptors (Lipinski definition) is 3. The van der Waals surface area contributed by atoms with Gasteiger partial charge in [-0.1, -0.05) is 29.8 Å². The second kappa shape index (κ2) is 7.50. The van der Waals surface area contributed by atoms with E-state index >= 15 is 0 Å². The molecular weight excluding hydrogens is 362 g/mol. The molecule has 0 unspecified atom stereocenters. The van der Waals surface area contributed by atoms with Gasteiger partial charge in [0.15, 0.2) is 11.5 Å². The van der Waals surface area contributed by atoms with Crippen molar-refractivity contribution in [2.75, 3.05) is 13.1 Å². The minimum atomic E-state index is -0.936. The zero-order chi connectivity index (χ0) is 19.7. The molecule has 0 spiro atoms. The third-order valence-electron chi connectivity index (χ3n) is 5.16. The topological polar surface area (TPSA) is 61.9 Å². The van der Waals surface area contributed by atoms with Gasteiger partial charge in [0.2, 0.25) is 0 Å².